The van der Waals surface area contributed by atoms with Gasteiger partial charge in [-0.25, -0.2) is 0 Å². The van der Waals surface area contributed by atoms with Gasteiger partial charge in [-0.3, -0.25) is 17.2 Å². The van der Waals surface area contributed by atoms with Gasteiger partial charge in [-0.15, -0.1) is 0 Å². The van der Waals surface area contributed by atoms with Gasteiger partial charge in [-0.2, -0.15) is 13.2 Å². The fourth-order valence-electron chi connectivity index (χ4n) is 0. The number of hydrogen-bond acceptors (Lipinski definition) is 3. The van der Waals surface area contributed by atoms with E-state index in [9.17, 15) is 13.2 Å². The van der Waals surface area contributed by atoms with Gasteiger partial charge in [0, 0.05) is 0 Å². The molecule has 8 heavy (non-hydrogen) atoms. The molecule has 0 atom stereocenters. The third-order valence-corrected chi connectivity index (χ3v) is 0.491. The molecule has 0 saturated heterocycles. The molecule has 0 aromatic rings. The van der Waals surface area contributed by atoms with Gasteiger partial charge in [0.2, 0.25) is 5.79 Å². The predicted molar refractivity (Wildman–Crippen MR) is 21.3 cm³/mol. The predicted octanol–water partition coefficient (Wildman–Crippen LogP) is -0.921. The summed E-state index contributed by atoms with van der Waals surface area (Å²) in [6.07, 6.45) is -4.73. The van der Waals surface area contributed by atoms with Gasteiger partial charge < -0.3 is 0 Å². The number of alkyl halides is 3. The molecule has 0 aliphatic heterocycles. The average Bonchev–Trinajstić information content (AvgIpc) is 1.25. The Morgan fingerprint density at radius 2 is 1.00 bits per heavy atom. The molecule has 0 rings (SSSR count). The highest BCUT2D eigenvalue weighted by molar-refractivity contribution is 4.76. The summed E-state index contributed by atoms with van der Waals surface area (Å²) in [7, 11) is 0. The van der Waals surface area contributed by atoms with Crippen LogP contribution in [0.3, 0.4) is 0 Å². The van der Waals surface area contributed by atoms with Gasteiger partial charge in [0.15, 0.2) is 0 Å². The SMILES string of the molecule is NC(N)(N)C(F)(F)F. The first-order chi connectivity index (χ1) is 3.25. The van der Waals surface area contributed by atoms with Crippen molar-refractivity contribution in [1.29, 1.82) is 0 Å². The summed E-state index contributed by atoms with van der Waals surface area (Å²) in [5.41, 5.74) is 12.7. The molecule has 0 saturated carbocycles. The fourth-order valence-corrected chi connectivity index (χ4v) is 0. The summed E-state index contributed by atoms with van der Waals surface area (Å²) in [5.74, 6) is -3.06. The van der Waals surface area contributed by atoms with Crippen LogP contribution in [0.4, 0.5) is 13.2 Å². The Balaban J connectivity index is 4.02. The van der Waals surface area contributed by atoms with E-state index < -0.39 is 12.0 Å². The molecule has 6 heteroatoms. The van der Waals surface area contributed by atoms with Crippen molar-refractivity contribution in [3.8, 4) is 0 Å². The van der Waals surface area contributed by atoms with Crippen LogP contribution in [-0.2, 0) is 0 Å². The lowest BCUT2D eigenvalue weighted by molar-refractivity contribution is -0.182. The summed E-state index contributed by atoms with van der Waals surface area (Å²) in [4.78, 5) is 0. The smallest absolute Gasteiger partial charge is 0.293 e. The fraction of sp³-hybridized carbons (Fsp3) is 1.00. The Morgan fingerprint density at radius 3 is 1.00 bits per heavy atom. The van der Waals surface area contributed by atoms with Crippen molar-refractivity contribution >= 4 is 0 Å². The second kappa shape index (κ2) is 1.57. The van der Waals surface area contributed by atoms with Crippen molar-refractivity contribution in [2.75, 3.05) is 0 Å². The summed E-state index contributed by atoms with van der Waals surface area (Å²) in [6, 6.07) is 0. The molecule has 0 aliphatic rings. The van der Waals surface area contributed by atoms with E-state index in [1.165, 1.54) is 0 Å². The number of halogens is 3. The third-order valence-electron chi connectivity index (χ3n) is 0.491. The average molecular weight is 129 g/mol. The van der Waals surface area contributed by atoms with Gasteiger partial charge in [-0.1, -0.05) is 0 Å². The van der Waals surface area contributed by atoms with Gasteiger partial charge in [-0.05, 0) is 0 Å². The second-order valence-corrected chi connectivity index (χ2v) is 1.43. The molecule has 3 nitrogen and oxygen atoms in total. The normalized spacial score (nSPS) is 14.2. The van der Waals surface area contributed by atoms with Crippen LogP contribution < -0.4 is 17.2 Å². The van der Waals surface area contributed by atoms with Crippen molar-refractivity contribution < 1.29 is 13.2 Å². The van der Waals surface area contributed by atoms with Crippen molar-refractivity contribution in [3.05, 3.63) is 0 Å². The largest absolute Gasteiger partial charge is 0.433 e. The summed E-state index contributed by atoms with van der Waals surface area (Å²) in [6.45, 7) is 0. The summed E-state index contributed by atoms with van der Waals surface area (Å²) >= 11 is 0. The van der Waals surface area contributed by atoms with E-state index in [1.54, 1.807) is 0 Å². The molecule has 6 N–H and O–H groups in total. The Kier molecular flexibility index (Phi) is 1.51. The van der Waals surface area contributed by atoms with Gasteiger partial charge in [0.25, 0.3) is 0 Å². The van der Waals surface area contributed by atoms with Crippen molar-refractivity contribution in [2.24, 2.45) is 17.2 Å². The van der Waals surface area contributed by atoms with Crippen molar-refractivity contribution in [3.63, 3.8) is 0 Å². The first-order valence-electron chi connectivity index (χ1n) is 1.68. The number of rotatable bonds is 0. The van der Waals surface area contributed by atoms with E-state index >= 15 is 0 Å². The zero-order chi connectivity index (χ0) is 7.00. The Hall–Kier alpha value is -0.330. The van der Waals surface area contributed by atoms with Crippen LogP contribution in [0.2, 0.25) is 0 Å². The monoisotopic (exact) mass is 129 g/mol. The molecule has 50 valence electrons. The zero-order valence-electron chi connectivity index (χ0n) is 3.87. The van der Waals surface area contributed by atoms with Crippen LogP contribution in [0.5, 0.6) is 0 Å². The lowest BCUT2D eigenvalue weighted by atomic mass is 10.4. The molecular weight excluding hydrogens is 123 g/mol. The Bertz CT molecular complexity index is 67.5. The highest BCUT2D eigenvalue weighted by Crippen LogP contribution is 2.19. The molecule has 0 amide bonds. The van der Waals surface area contributed by atoms with Crippen LogP contribution >= 0.6 is 0 Å². The molecule has 0 heterocycles. The maximum atomic E-state index is 11.2. The van der Waals surface area contributed by atoms with E-state index in [4.69, 9.17) is 0 Å². The standard InChI is InChI=1S/C2H6F3N3/c3-1(4,5)2(6,7)8/h6-8H2. The molecule has 0 unspecified atom stereocenters. The number of nitrogens with two attached hydrogens (primary N) is 3. The highest BCUT2D eigenvalue weighted by atomic mass is 19.4. The van der Waals surface area contributed by atoms with E-state index in [0.717, 1.165) is 0 Å². The molecule has 0 aliphatic carbocycles. The van der Waals surface area contributed by atoms with Crippen LogP contribution in [0, 0.1) is 0 Å². The molecule has 0 radical (unpaired) electrons. The van der Waals surface area contributed by atoms with E-state index in [0.29, 0.717) is 0 Å². The quantitative estimate of drug-likeness (QED) is 0.370. The van der Waals surface area contributed by atoms with Gasteiger partial charge >= 0.3 is 6.18 Å². The van der Waals surface area contributed by atoms with E-state index in [1.807, 2.05) is 0 Å². The van der Waals surface area contributed by atoms with Gasteiger partial charge in [0.05, 0.1) is 0 Å². The third kappa shape index (κ3) is 1.65. The Morgan fingerprint density at radius 1 is 0.875 bits per heavy atom. The lowest BCUT2D eigenvalue weighted by Crippen LogP contribution is -2.68. The lowest BCUT2D eigenvalue weighted by Gasteiger charge is -2.21. The van der Waals surface area contributed by atoms with Crippen LogP contribution in [0.25, 0.3) is 0 Å². The van der Waals surface area contributed by atoms with Crippen LogP contribution in [0.15, 0.2) is 0 Å². The van der Waals surface area contributed by atoms with Gasteiger partial charge in [0.1, 0.15) is 0 Å². The number of hydrogen-bond donors (Lipinski definition) is 3. The molecule has 0 fully saturated rings. The minimum absolute atomic E-state index is 3.06. The first-order valence-corrected chi connectivity index (χ1v) is 1.68. The summed E-state index contributed by atoms with van der Waals surface area (Å²) in [5, 5.41) is 0. The minimum atomic E-state index is -4.73. The molecule has 0 spiro atoms. The maximum absolute atomic E-state index is 11.2. The first kappa shape index (κ1) is 7.67. The van der Waals surface area contributed by atoms with Crippen molar-refractivity contribution in [2.45, 2.75) is 12.0 Å². The minimum Gasteiger partial charge on any atom is -0.293 e. The molecular formula is C2H6F3N3. The second-order valence-electron chi connectivity index (χ2n) is 1.43. The van der Waals surface area contributed by atoms with E-state index in [2.05, 4.69) is 17.2 Å². The summed E-state index contributed by atoms with van der Waals surface area (Å²) < 4.78 is 33.6. The van der Waals surface area contributed by atoms with Crippen LogP contribution in [-0.4, -0.2) is 12.0 Å². The van der Waals surface area contributed by atoms with Crippen LogP contribution in [0.1, 0.15) is 0 Å². The molecule has 0 bridgehead atoms. The zero-order valence-corrected chi connectivity index (χ0v) is 3.87. The van der Waals surface area contributed by atoms with Crippen molar-refractivity contribution in [1.82, 2.24) is 0 Å². The molecule has 0 aromatic carbocycles. The maximum Gasteiger partial charge on any atom is 0.433 e. The highest BCUT2D eigenvalue weighted by Gasteiger charge is 2.46. The molecule has 0 aromatic heterocycles. The van der Waals surface area contributed by atoms with E-state index in [-0.39, 0.29) is 0 Å². The topological polar surface area (TPSA) is 78.1 Å². The Labute approximate surface area is 43.6 Å².